The Morgan fingerprint density at radius 3 is 2.41 bits per heavy atom. The molecule has 0 bridgehead atoms. The Bertz CT molecular complexity index is 397. The molecule has 1 nitrogen and oxygen atoms in total. The van der Waals surface area contributed by atoms with Crippen LogP contribution in [0, 0.1) is 24.5 Å². The Balaban J connectivity index is 2.33. The number of benzene rings is 1. The number of nitrogens with one attached hydrogen (secondary N) is 1. The topological polar surface area (TPSA) is 12.0 Å². The van der Waals surface area contributed by atoms with Crippen LogP contribution in [0.3, 0.4) is 0 Å². The molecule has 1 atom stereocenters. The van der Waals surface area contributed by atoms with Crippen molar-refractivity contribution >= 4 is 0 Å². The molecule has 2 rings (SSSR count). The van der Waals surface area contributed by atoms with Crippen molar-refractivity contribution < 1.29 is 8.78 Å². The first-order valence-electron chi connectivity index (χ1n) is 6.27. The maximum Gasteiger partial charge on any atom is 0.163 e. The molecule has 0 spiro atoms. The molecule has 1 N–H and O–H groups in total. The van der Waals surface area contributed by atoms with Crippen molar-refractivity contribution in [2.45, 2.75) is 38.6 Å². The molecule has 1 aliphatic rings. The molecule has 1 unspecified atom stereocenters. The molecule has 1 saturated carbocycles. The smallest absolute Gasteiger partial charge is 0.163 e. The Morgan fingerprint density at radius 1 is 1.18 bits per heavy atom. The van der Waals surface area contributed by atoms with E-state index < -0.39 is 11.6 Å². The van der Waals surface area contributed by atoms with Crippen LogP contribution < -0.4 is 5.32 Å². The van der Waals surface area contributed by atoms with E-state index in [1.807, 2.05) is 7.05 Å². The van der Waals surface area contributed by atoms with Crippen molar-refractivity contribution in [2.75, 3.05) is 7.05 Å². The molecule has 3 heteroatoms. The lowest BCUT2D eigenvalue weighted by Crippen LogP contribution is -2.25. The lowest BCUT2D eigenvalue weighted by atomic mass is 9.91. The Kier molecular flexibility index (Phi) is 3.77. The third kappa shape index (κ3) is 2.34. The molecular weight excluding hydrogens is 220 g/mol. The third-order valence-corrected chi connectivity index (χ3v) is 3.82. The number of aryl methyl sites for hydroxylation is 1. The van der Waals surface area contributed by atoms with Gasteiger partial charge < -0.3 is 5.32 Å². The summed E-state index contributed by atoms with van der Waals surface area (Å²) in [4.78, 5) is 0. The lowest BCUT2D eigenvalue weighted by molar-refractivity contribution is 0.370. The van der Waals surface area contributed by atoms with Crippen LogP contribution in [0.5, 0.6) is 0 Å². The summed E-state index contributed by atoms with van der Waals surface area (Å²) in [5.74, 6) is -0.964. The highest BCUT2D eigenvalue weighted by molar-refractivity contribution is 5.28. The standard InChI is InChI=1S/C14H19F2N/c1-9-7-8-11(13(16)12(9)15)14(17-2)10-5-3-4-6-10/h7-8,10,14,17H,3-6H2,1-2H3. The van der Waals surface area contributed by atoms with Gasteiger partial charge in [-0.15, -0.1) is 0 Å². The molecule has 0 aliphatic heterocycles. The van der Waals surface area contributed by atoms with Crippen LogP contribution in [-0.2, 0) is 0 Å². The number of halogens is 2. The summed E-state index contributed by atoms with van der Waals surface area (Å²) < 4.78 is 27.5. The third-order valence-electron chi connectivity index (χ3n) is 3.82. The predicted molar refractivity (Wildman–Crippen MR) is 64.9 cm³/mol. The second-order valence-corrected chi connectivity index (χ2v) is 4.91. The van der Waals surface area contributed by atoms with E-state index in [-0.39, 0.29) is 6.04 Å². The van der Waals surface area contributed by atoms with Gasteiger partial charge in [0.1, 0.15) is 0 Å². The van der Waals surface area contributed by atoms with Crippen LogP contribution in [-0.4, -0.2) is 7.05 Å². The summed E-state index contributed by atoms with van der Waals surface area (Å²) in [5.41, 5.74) is 0.843. The van der Waals surface area contributed by atoms with Gasteiger partial charge in [0, 0.05) is 11.6 Å². The normalized spacial score (nSPS) is 18.6. The quantitative estimate of drug-likeness (QED) is 0.847. The van der Waals surface area contributed by atoms with Gasteiger partial charge in [-0.1, -0.05) is 25.0 Å². The fraction of sp³-hybridized carbons (Fsp3) is 0.571. The van der Waals surface area contributed by atoms with E-state index in [2.05, 4.69) is 5.32 Å². The first-order chi connectivity index (χ1) is 8.15. The van der Waals surface area contributed by atoms with Gasteiger partial charge in [-0.25, -0.2) is 8.78 Å². The van der Waals surface area contributed by atoms with Crippen molar-refractivity contribution in [2.24, 2.45) is 5.92 Å². The van der Waals surface area contributed by atoms with Crippen molar-refractivity contribution in [3.63, 3.8) is 0 Å². The summed E-state index contributed by atoms with van der Waals surface area (Å²) in [7, 11) is 1.82. The van der Waals surface area contributed by atoms with Gasteiger partial charge >= 0.3 is 0 Å². The zero-order valence-corrected chi connectivity index (χ0v) is 10.4. The van der Waals surface area contributed by atoms with Gasteiger partial charge in [0.05, 0.1) is 0 Å². The highest BCUT2D eigenvalue weighted by Gasteiger charge is 2.28. The zero-order valence-electron chi connectivity index (χ0n) is 10.4. The molecule has 1 fully saturated rings. The minimum atomic E-state index is -0.708. The van der Waals surface area contributed by atoms with Gasteiger partial charge in [-0.05, 0) is 38.3 Å². The molecular formula is C14H19F2N. The molecule has 1 aliphatic carbocycles. The maximum absolute atomic E-state index is 13.9. The van der Waals surface area contributed by atoms with Gasteiger partial charge in [0.2, 0.25) is 0 Å². The molecule has 94 valence electrons. The molecule has 17 heavy (non-hydrogen) atoms. The summed E-state index contributed by atoms with van der Waals surface area (Å²) in [6, 6.07) is 3.31. The summed E-state index contributed by atoms with van der Waals surface area (Å²) in [5, 5.41) is 3.14. The van der Waals surface area contributed by atoms with Gasteiger partial charge in [-0.3, -0.25) is 0 Å². The lowest BCUT2D eigenvalue weighted by Gasteiger charge is -2.24. The summed E-state index contributed by atoms with van der Waals surface area (Å²) >= 11 is 0. The molecule has 1 aromatic carbocycles. The summed E-state index contributed by atoms with van der Waals surface area (Å²) in [6.45, 7) is 1.59. The van der Waals surface area contributed by atoms with Gasteiger partial charge in [-0.2, -0.15) is 0 Å². The van der Waals surface area contributed by atoms with E-state index in [0.717, 1.165) is 12.8 Å². The molecule has 0 amide bonds. The van der Waals surface area contributed by atoms with Crippen LogP contribution in [0.2, 0.25) is 0 Å². The molecule has 0 aromatic heterocycles. The minimum Gasteiger partial charge on any atom is -0.313 e. The van der Waals surface area contributed by atoms with E-state index in [9.17, 15) is 8.78 Å². The van der Waals surface area contributed by atoms with Crippen LogP contribution in [0.4, 0.5) is 8.78 Å². The number of hydrogen-bond donors (Lipinski definition) is 1. The second kappa shape index (κ2) is 5.13. The van der Waals surface area contributed by atoms with E-state index in [1.54, 1.807) is 19.1 Å². The van der Waals surface area contributed by atoms with E-state index in [0.29, 0.717) is 17.0 Å². The minimum absolute atomic E-state index is 0.0624. The van der Waals surface area contributed by atoms with Crippen LogP contribution in [0.25, 0.3) is 0 Å². The van der Waals surface area contributed by atoms with Crippen molar-refractivity contribution in [1.29, 1.82) is 0 Å². The predicted octanol–water partition coefficient (Wildman–Crippen LogP) is 3.72. The monoisotopic (exact) mass is 239 g/mol. The van der Waals surface area contributed by atoms with E-state index in [4.69, 9.17) is 0 Å². The Morgan fingerprint density at radius 2 is 1.82 bits per heavy atom. The highest BCUT2D eigenvalue weighted by atomic mass is 19.2. The SMILES string of the molecule is CNC(c1ccc(C)c(F)c1F)C1CCCC1. The maximum atomic E-state index is 13.9. The highest BCUT2D eigenvalue weighted by Crippen LogP contribution is 2.36. The molecule has 0 saturated heterocycles. The van der Waals surface area contributed by atoms with Crippen LogP contribution in [0.1, 0.15) is 42.9 Å². The average Bonchev–Trinajstić information content (AvgIpc) is 2.84. The molecule has 0 radical (unpaired) electrons. The fourth-order valence-corrected chi connectivity index (χ4v) is 2.84. The number of rotatable bonds is 3. The Hall–Kier alpha value is -0.960. The van der Waals surface area contributed by atoms with Crippen LogP contribution in [0.15, 0.2) is 12.1 Å². The van der Waals surface area contributed by atoms with E-state index >= 15 is 0 Å². The van der Waals surface area contributed by atoms with Gasteiger partial charge in [0.15, 0.2) is 11.6 Å². The molecule has 1 aromatic rings. The zero-order chi connectivity index (χ0) is 12.4. The number of hydrogen-bond acceptors (Lipinski definition) is 1. The largest absolute Gasteiger partial charge is 0.313 e. The Labute approximate surface area is 101 Å². The van der Waals surface area contributed by atoms with Crippen LogP contribution >= 0.6 is 0 Å². The fourth-order valence-electron chi connectivity index (χ4n) is 2.84. The average molecular weight is 239 g/mol. The summed E-state index contributed by atoms with van der Waals surface area (Å²) in [6.07, 6.45) is 4.58. The van der Waals surface area contributed by atoms with Crippen molar-refractivity contribution in [3.8, 4) is 0 Å². The second-order valence-electron chi connectivity index (χ2n) is 4.91. The first kappa shape index (κ1) is 12.5. The van der Waals surface area contributed by atoms with E-state index in [1.165, 1.54) is 12.8 Å². The van der Waals surface area contributed by atoms with Crippen molar-refractivity contribution in [3.05, 3.63) is 34.9 Å². The molecule has 0 heterocycles. The first-order valence-corrected chi connectivity index (χ1v) is 6.27. The van der Waals surface area contributed by atoms with Gasteiger partial charge in [0.25, 0.3) is 0 Å². The van der Waals surface area contributed by atoms with Crippen molar-refractivity contribution in [1.82, 2.24) is 5.32 Å².